The fourth-order valence-corrected chi connectivity index (χ4v) is 5.15. The number of unbranched alkanes of at least 4 members (excludes halogenated alkanes) is 2. The predicted molar refractivity (Wildman–Crippen MR) is 150 cm³/mol. The minimum absolute atomic E-state index is 0.0294. The number of benzene rings is 1. The van der Waals surface area contributed by atoms with E-state index >= 15 is 0 Å². The van der Waals surface area contributed by atoms with E-state index in [0.29, 0.717) is 45.7 Å². The van der Waals surface area contributed by atoms with Crippen LogP contribution < -0.4 is 0 Å². The molecule has 0 aliphatic carbocycles. The van der Waals surface area contributed by atoms with Crippen LogP contribution in [0.3, 0.4) is 0 Å². The van der Waals surface area contributed by atoms with E-state index in [1.54, 1.807) is 21.9 Å². The summed E-state index contributed by atoms with van der Waals surface area (Å²) in [7, 11) is 0. The Kier molecular flexibility index (Phi) is 14.8. The highest BCUT2D eigenvalue weighted by Gasteiger charge is 2.27. The first kappa shape index (κ1) is 34.5. The highest BCUT2D eigenvalue weighted by molar-refractivity contribution is 5.72. The third-order valence-corrected chi connectivity index (χ3v) is 7.21. The molecule has 234 valence electrons. The summed E-state index contributed by atoms with van der Waals surface area (Å²) in [6, 6.07) is 6.14. The molecule has 0 saturated carbocycles. The van der Waals surface area contributed by atoms with Crippen LogP contribution in [0.25, 0.3) is 0 Å². The zero-order valence-electron chi connectivity index (χ0n) is 23.7. The number of carboxylic acids is 4. The number of carbonyl (C=O) groups is 4. The lowest BCUT2D eigenvalue weighted by molar-refractivity contribution is -0.384. The average Bonchev–Trinajstić information content (AvgIpc) is 2.98. The molecule has 1 unspecified atom stereocenters. The van der Waals surface area contributed by atoms with Crippen LogP contribution in [0.1, 0.15) is 31.2 Å². The first-order valence-electron chi connectivity index (χ1n) is 13.9. The number of nitrogens with zero attached hydrogens (tertiary/aromatic N) is 5. The van der Waals surface area contributed by atoms with Gasteiger partial charge in [0.25, 0.3) is 5.69 Å². The fraction of sp³-hybridized carbons (Fsp3) is 0.630. The van der Waals surface area contributed by atoms with E-state index in [2.05, 4.69) is 4.90 Å². The quantitative estimate of drug-likeness (QED) is 0.104. The molecule has 1 aliphatic rings. The van der Waals surface area contributed by atoms with E-state index in [-0.39, 0.29) is 31.4 Å². The van der Waals surface area contributed by atoms with Crippen LogP contribution in [0.15, 0.2) is 24.3 Å². The first-order chi connectivity index (χ1) is 19.9. The molecule has 1 saturated heterocycles. The van der Waals surface area contributed by atoms with Crippen LogP contribution in [0.4, 0.5) is 5.69 Å². The Morgan fingerprint density at radius 1 is 0.762 bits per heavy atom. The molecule has 0 radical (unpaired) electrons. The molecule has 1 aromatic rings. The van der Waals surface area contributed by atoms with Gasteiger partial charge in [-0.3, -0.25) is 48.9 Å². The fourth-order valence-electron chi connectivity index (χ4n) is 5.15. The second-order valence-electron chi connectivity index (χ2n) is 10.5. The Morgan fingerprint density at radius 2 is 1.26 bits per heavy atom. The predicted octanol–water partition coefficient (Wildman–Crippen LogP) is 0.626. The second kappa shape index (κ2) is 18.0. The lowest BCUT2D eigenvalue weighted by Crippen LogP contribution is -2.50. The maximum absolute atomic E-state index is 11.5. The van der Waals surface area contributed by atoms with E-state index in [9.17, 15) is 49.7 Å². The molecule has 4 N–H and O–H groups in total. The summed E-state index contributed by atoms with van der Waals surface area (Å²) in [5, 5.41) is 48.3. The third-order valence-electron chi connectivity index (χ3n) is 7.21. The number of nitro benzene ring substituents is 1. The lowest BCUT2D eigenvalue weighted by Gasteiger charge is -2.36. The van der Waals surface area contributed by atoms with Crippen molar-refractivity contribution in [2.24, 2.45) is 0 Å². The van der Waals surface area contributed by atoms with Gasteiger partial charge in [0, 0.05) is 64.0 Å². The lowest BCUT2D eigenvalue weighted by atomic mass is 10.0. The normalized spacial score (nSPS) is 16.3. The van der Waals surface area contributed by atoms with E-state index in [1.807, 2.05) is 0 Å². The molecule has 0 amide bonds. The van der Waals surface area contributed by atoms with E-state index in [4.69, 9.17) is 0 Å². The number of non-ortho nitro benzene ring substituents is 1. The van der Waals surface area contributed by atoms with Gasteiger partial charge in [-0.2, -0.15) is 0 Å². The number of nitro groups is 1. The van der Waals surface area contributed by atoms with Crippen LogP contribution in [-0.2, 0) is 25.6 Å². The van der Waals surface area contributed by atoms with Gasteiger partial charge in [0.2, 0.25) is 0 Å². The van der Waals surface area contributed by atoms with Gasteiger partial charge in [0.1, 0.15) is 0 Å². The number of hydrogen-bond acceptors (Lipinski definition) is 10. The summed E-state index contributed by atoms with van der Waals surface area (Å²) in [6.45, 7) is 1.34. The van der Waals surface area contributed by atoms with E-state index in [0.717, 1.165) is 31.2 Å². The SMILES string of the molecule is O=C(O)CN1CCN(CC(=O)O)CCN(C(CCCCCc2ccc([N+](=O)[O-])cc2)CN(CC(=O)O)CC(=O)O)CC1. The van der Waals surface area contributed by atoms with Crippen molar-refractivity contribution in [3.63, 3.8) is 0 Å². The summed E-state index contributed by atoms with van der Waals surface area (Å²) in [5.74, 6) is -4.29. The van der Waals surface area contributed by atoms with Crippen LogP contribution in [0, 0.1) is 10.1 Å². The number of rotatable bonds is 18. The molecular formula is C27H41N5O10. The zero-order valence-corrected chi connectivity index (χ0v) is 23.7. The van der Waals surface area contributed by atoms with Crippen LogP contribution in [-0.4, -0.2) is 147 Å². The molecule has 15 nitrogen and oxygen atoms in total. The first-order valence-corrected chi connectivity index (χ1v) is 13.9. The molecule has 0 aromatic heterocycles. The van der Waals surface area contributed by atoms with Gasteiger partial charge >= 0.3 is 23.9 Å². The van der Waals surface area contributed by atoms with Crippen molar-refractivity contribution in [2.75, 3.05) is 72.0 Å². The van der Waals surface area contributed by atoms with E-state index < -0.39 is 41.9 Å². The van der Waals surface area contributed by atoms with Crippen molar-refractivity contribution < 1.29 is 44.5 Å². The minimum atomic E-state index is -1.15. The van der Waals surface area contributed by atoms with Crippen LogP contribution in [0.2, 0.25) is 0 Å². The summed E-state index contributed by atoms with van der Waals surface area (Å²) >= 11 is 0. The summed E-state index contributed by atoms with van der Waals surface area (Å²) in [6.07, 6.45) is 3.73. The van der Waals surface area contributed by atoms with Crippen molar-refractivity contribution in [2.45, 2.75) is 38.1 Å². The molecule has 1 heterocycles. The average molecular weight is 596 g/mol. The van der Waals surface area contributed by atoms with Crippen molar-refractivity contribution in [3.05, 3.63) is 39.9 Å². The summed E-state index contributed by atoms with van der Waals surface area (Å²) in [4.78, 5) is 63.1. The molecule has 1 aliphatic heterocycles. The maximum Gasteiger partial charge on any atom is 0.317 e. The maximum atomic E-state index is 11.5. The van der Waals surface area contributed by atoms with Gasteiger partial charge in [-0.1, -0.05) is 25.0 Å². The van der Waals surface area contributed by atoms with Gasteiger partial charge < -0.3 is 20.4 Å². The molecule has 2 rings (SSSR count). The molecule has 0 bridgehead atoms. The molecule has 15 heteroatoms. The minimum Gasteiger partial charge on any atom is -0.480 e. The topological polar surface area (TPSA) is 205 Å². The molecular weight excluding hydrogens is 554 g/mol. The van der Waals surface area contributed by atoms with Gasteiger partial charge in [-0.15, -0.1) is 0 Å². The standard InChI is InChI=1S/C27H41N5O10/c33-24(34)17-28-10-11-29(18-25(35)36)13-15-31(14-12-28)23(16-30(19-26(37)38)20-27(39)40)5-3-1-2-4-21-6-8-22(9-7-21)32(41)42/h6-9,23H,1-5,10-20H2,(H,33,34)(H,35,36)(H,37,38)(H,39,40). The number of aliphatic carboxylic acids is 4. The zero-order chi connectivity index (χ0) is 31.1. The van der Waals surface area contributed by atoms with Crippen molar-refractivity contribution in [1.29, 1.82) is 0 Å². The largest absolute Gasteiger partial charge is 0.480 e. The van der Waals surface area contributed by atoms with Gasteiger partial charge in [-0.25, -0.2) is 0 Å². The number of aryl methyl sites for hydroxylation is 1. The molecule has 1 atom stereocenters. The van der Waals surface area contributed by atoms with Gasteiger partial charge in [0.15, 0.2) is 0 Å². The Bertz CT molecular complexity index is 1010. The molecule has 1 fully saturated rings. The Hall–Kier alpha value is -3.66. The molecule has 42 heavy (non-hydrogen) atoms. The van der Waals surface area contributed by atoms with Crippen molar-refractivity contribution in [1.82, 2.24) is 19.6 Å². The Labute approximate surface area is 244 Å². The molecule has 1 aromatic carbocycles. The highest BCUT2D eigenvalue weighted by atomic mass is 16.6. The number of carboxylic acid groups (broad SMARTS) is 4. The third kappa shape index (κ3) is 13.8. The van der Waals surface area contributed by atoms with Crippen molar-refractivity contribution >= 4 is 29.6 Å². The Balaban J connectivity index is 2.14. The van der Waals surface area contributed by atoms with Crippen molar-refractivity contribution in [3.8, 4) is 0 Å². The summed E-state index contributed by atoms with van der Waals surface area (Å²) < 4.78 is 0. The smallest absolute Gasteiger partial charge is 0.317 e. The van der Waals surface area contributed by atoms with E-state index in [1.165, 1.54) is 17.0 Å². The molecule has 0 spiro atoms. The van der Waals surface area contributed by atoms with Gasteiger partial charge in [0.05, 0.1) is 31.1 Å². The number of hydrogen-bond donors (Lipinski definition) is 4. The monoisotopic (exact) mass is 595 g/mol. The van der Waals surface area contributed by atoms with Crippen LogP contribution in [0.5, 0.6) is 0 Å². The Morgan fingerprint density at radius 3 is 1.71 bits per heavy atom. The van der Waals surface area contributed by atoms with Crippen LogP contribution >= 0.6 is 0 Å². The second-order valence-corrected chi connectivity index (χ2v) is 10.5. The summed E-state index contributed by atoms with van der Waals surface area (Å²) in [5.41, 5.74) is 1.00. The highest BCUT2D eigenvalue weighted by Crippen LogP contribution is 2.17. The van der Waals surface area contributed by atoms with Gasteiger partial charge in [-0.05, 0) is 24.8 Å².